The van der Waals surface area contributed by atoms with Crippen LogP contribution in [0.25, 0.3) is 0 Å². The van der Waals surface area contributed by atoms with Gasteiger partial charge in [0.2, 0.25) is 0 Å². The first kappa shape index (κ1) is 13.1. The zero-order valence-electron chi connectivity index (χ0n) is 10.8. The van der Waals surface area contributed by atoms with Gasteiger partial charge in [-0.15, -0.1) is 0 Å². The van der Waals surface area contributed by atoms with Crippen LogP contribution in [0.5, 0.6) is 0 Å². The molecular weight excluding hydrogens is 271 g/mol. The van der Waals surface area contributed by atoms with Crippen molar-refractivity contribution in [3.63, 3.8) is 0 Å². The van der Waals surface area contributed by atoms with Crippen LogP contribution in [-0.2, 0) is 10.3 Å². The van der Waals surface area contributed by atoms with Crippen LogP contribution in [0.3, 0.4) is 0 Å². The van der Waals surface area contributed by atoms with Crippen molar-refractivity contribution in [1.29, 1.82) is 0 Å². The minimum Gasteiger partial charge on any atom is -0.462 e. The summed E-state index contributed by atoms with van der Waals surface area (Å²) in [6.07, 6.45) is 0.253. The van der Waals surface area contributed by atoms with Gasteiger partial charge in [0.05, 0.1) is 0 Å². The highest BCUT2D eigenvalue weighted by molar-refractivity contribution is 5.74. The summed E-state index contributed by atoms with van der Waals surface area (Å²) in [4.78, 5) is 3.97. The molecule has 3 N–H and O–H groups in total. The van der Waals surface area contributed by atoms with Gasteiger partial charge in [-0.25, -0.2) is 18.2 Å². The highest BCUT2D eigenvalue weighted by Crippen LogP contribution is 2.53. The van der Waals surface area contributed by atoms with Crippen molar-refractivity contribution >= 4 is 11.7 Å². The number of nitrogens with zero attached hydrogens (tertiary/aromatic N) is 1. The number of hydrogen-bond acceptors (Lipinski definition) is 4. The molecule has 4 nitrogen and oxygen atoms in total. The third kappa shape index (κ3) is 1.72. The van der Waals surface area contributed by atoms with Crippen LogP contribution in [-0.4, -0.2) is 25.8 Å². The fraction of sp³-hybridized carbons (Fsp3) is 0.462. The molecule has 0 spiro atoms. The molecule has 2 unspecified atom stereocenters. The maximum absolute atomic E-state index is 14.1. The number of halogens is 3. The van der Waals surface area contributed by atoms with Gasteiger partial charge in [0.25, 0.3) is 6.02 Å². The maximum Gasteiger partial charge on any atom is 0.283 e. The van der Waals surface area contributed by atoms with Crippen molar-refractivity contribution in [3.05, 3.63) is 29.3 Å². The normalized spacial score (nSPS) is 31.1. The number of hydrogen-bond donors (Lipinski definition) is 2. The molecule has 3 atom stereocenters. The van der Waals surface area contributed by atoms with E-state index in [0.717, 1.165) is 6.07 Å². The van der Waals surface area contributed by atoms with E-state index in [-0.39, 0.29) is 23.6 Å². The summed E-state index contributed by atoms with van der Waals surface area (Å²) >= 11 is 0. The van der Waals surface area contributed by atoms with Crippen molar-refractivity contribution < 1.29 is 17.9 Å². The van der Waals surface area contributed by atoms with Crippen molar-refractivity contribution in [2.24, 2.45) is 16.6 Å². The third-order valence-corrected chi connectivity index (χ3v) is 3.91. The second-order valence-electron chi connectivity index (χ2n) is 5.08. The Morgan fingerprint density at radius 2 is 2.25 bits per heavy atom. The van der Waals surface area contributed by atoms with E-state index in [1.54, 1.807) is 7.05 Å². The molecule has 7 heteroatoms. The number of alkyl halides is 1. The predicted octanol–water partition coefficient (Wildman–Crippen LogP) is 1.90. The first-order valence-corrected chi connectivity index (χ1v) is 6.27. The zero-order chi connectivity index (χ0) is 14.5. The Hall–Kier alpha value is -1.92. The van der Waals surface area contributed by atoms with Gasteiger partial charge in [-0.2, -0.15) is 0 Å². The van der Waals surface area contributed by atoms with Gasteiger partial charge < -0.3 is 15.8 Å². The first-order chi connectivity index (χ1) is 9.51. The van der Waals surface area contributed by atoms with E-state index in [9.17, 15) is 13.2 Å². The van der Waals surface area contributed by atoms with Gasteiger partial charge in [-0.05, 0) is 12.5 Å². The summed E-state index contributed by atoms with van der Waals surface area (Å²) in [5, 5.41) is 2.72. The largest absolute Gasteiger partial charge is 0.462 e. The molecule has 108 valence electrons. The lowest BCUT2D eigenvalue weighted by molar-refractivity contribution is 0.167. The summed E-state index contributed by atoms with van der Waals surface area (Å²) in [6.45, 7) is -0.957. The third-order valence-electron chi connectivity index (χ3n) is 3.91. The van der Waals surface area contributed by atoms with Crippen LogP contribution in [0.4, 0.5) is 18.9 Å². The van der Waals surface area contributed by atoms with Crippen LogP contribution in [0.2, 0.25) is 0 Å². The number of nitrogens with two attached hydrogens (primary N) is 1. The number of nitrogens with one attached hydrogen (secondary N) is 1. The average molecular weight is 285 g/mol. The molecular formula is C13H14F3N3O. The van der Waals surface area contributed by atoms with Gasteiger partial charge in [0.1, 0.15) is 18.3 Å². The number of rotatable bonds is 3. The number of anilines is 1. The number of ether oxygens (including phenoxy) is 1. The second-order valence-corrected chi connectivity index (χ2v) is 5.08. The summed E-state index contributed by atoms with van der Waals surface area (Å²) in [5.74, 6) is -2.45. The molecule has 1 aromatic rings. The Morgan fingerprint density at radius 3 is 2.90 bits per heavy atom. The molecule has 1 aliphatic carbocycles. The van der Waals surface area contributed by atoms with Crippen molar-refractivity contribution in [2.45, 2.75) is 18.1 Å². The summed E-state index contributed by atoms with van der Waals surface area (Å²) in [6, 6.07) is 2.20. The summed E-state index contributed by atoms with van der Waals surface area (Å²) in [7, 11) is 1.57. The molecule has 1 heterocycles. The van der Waals surface area contributed by atoms with E-state index in [0.29, 0.717) is 12.1 Å². The van der Waals surface area contributed by atoms with Gasteiger partial charge in [0.15, 0.2) is 11.6 Å². The smallest absolute Gasteiger partial charge is 0.283 e. The lowest BCUT2D eigenvalue weighted by atomic mass is 9.85. The Kier molecular flexibility index (Phi) is 2.81. The van der Waals surface area contributed by atoms with E-state index < -0.39 is 23.8 Å². The Labute approximate surface area is 113 Å². The Morgan fingerprint density at radius 1 is 1.50 bits per heavy atom. The number of aliphatic imine (C=N–C) groups is 1. The van der Waals surface area contributed by atoms with Crippen molar-refractivity contribution in [2.75, 3.05) is 19.0 Å². The highest BCUT2D eigenvalue weighted by atomic mass is 19.2. The van der Waals surface area contributed by atoms with E-state index in [4.69, 9.17) is 10.5 Å². The standard InChI is InChI=1S/C13H14F3N3O/c1-18-6-2-8(11(16)9(15)3-6)13(5-14)7-4-10(7)20-12(17)19-13/h2-3,7,10,18H,4-5H2,1H3,(H2,17,19)/t7-,10?,13?/m0/s1. The van der Waals surface area contributed by atoms with E-state index in [1.807, 2.05) is 0 Å². The average Bonchev–Trinajstić information content (AvgIpc) is 3.20. The highest BCUT2D eigenvalue weighted by Gasteiger charge is 2.60. The van der Waals surface area contributed by atoms with Crippen molar-refractivity contribution in [1.82, 2.24) is 0 Å². The Bertz CT molecular complexity index is 592. The predicted molar refractivity (Wildman–Crippen MR) is 68.2 cm³/mol. The second kappa shape index (κ2) is 4.29. The SMILES string of the molecule is CNc1cc(F)c(F)c(C2(CF)N=C(N)OC3C[C@@H]32)c1. The fourth-order valence-corrected chi connectivity index (χ4v) is 2.77. The number of amidine groups is 1. The molecule has 3 rings (SSSR count). The molecule has 1 aliphatic heterocycles. The van der Waals surface area contributed by atoms with Crippen LogP contribution in [0, 0.1) is 17.6 Å². The molecule has 0 aromatic heterocycles. The lowest BCUT2D eigenvalue weighted by Gasteiger charge is -2.31. The summed E-state index contributed by atoms with van der Waals surface area (Å²) in [5.41, 5.74) is 4.26. The topological polar surface area (TPSA) is 59.6 Å². The Balaban J connectivity index is 2.19. The van der Waals surface area contributed by atoms with Crippen molar-refractivity contribution in [3.8, 4) is 0 Å². The van der Waals surface area contributed by atoms with Crippen LogP contribution >= 0.6 is 0 Å². The maximum atomic E-state index is 14.1. The summed E-state index contributed by atoms with van der Waals surface area (Å²) < 4.78 is 46.7. The molecule has 0 amide bonds. The first-order valence-electron chi connectivity index (χ1n) is 6.27. The van der Waals surface area contributed by atoms with Gasteiger partial charge in [-0.3, -0.25) is 0 Å². The van der Waals surface area contributed by atoms with E-state index in [2.05, 4.69) is 10.3 Å². The molecule has 2 aliphatic rings. The quantitative estimate of drug-likeness (QED) is 0.891. The zero-order valence-corrected chi connectivity index (χ0v) is 10.8. The molecule has 20 heavy (non-hydrogen) atoms. The van der Waals surface area contributed by atoms with Gasteiger partial charge in [-0.1, -0.05) is 0 Å². The minimum atomic E-state index is -1.50. The van der Waals surface area contributed by atoms with Crippen LogP contribution in [0.1, 0.15) is 12.0 Å². The van der Waals surface area contributed by atoms with Crippen LogP contribution in [0.15, 0.2) is 17.1 Å². The number of benzene rings is 1. The minimum absolute atomic E-state index is 0.122. The fourth-order valence-electron chi connectivity index (χ4n) is 2.77. The number of fused-ring (bicyclic) bond motifs is 1. The lowest BCUT2D eigenvalue weighted by Crippen LogP contribution is -2.40. The molecule has 0 bridgehead atoms. The molecule has 1 fully saturated rings. The molecule has 1 aromatic carbocycles. The monoisotopic (exact) mass is 285 g/mol. The van der Waals surface area contributed by atoms with E-state index in [1.165, 1.54) is 6.07 Å². The molecule has 1 saturated carbocycles. The molecule has 0 radical (unpaired) electrons. The van der Waals surface area contributed by atoms with Gasteiger partial charge in [0, 0.05) is 30.3 Å². The molecule has 0 saturated heterocycles. The van der Waals surface area contributed by atoms with E-state index >= 15 is 0 Å². The van der Waals surface area contributed by atoms with Crippen LogP contribution < -0.4 is 11.1 Å². The van der Waals surface area contributed by atoms with Gasteiger partial charge >= 0.3 is 0 Å².